The van der Waals surface area contributed by atoms with Crippen LogP contribution in [0.5, 0.6) is 5.75 Å². The molecule has 1 aliphatic carbocycles. The van der Waals surface area contributed by atoms with Crippen molar-refractivity contribution in [2.45, 2.75) is 0 Å². The van der Waals surface area contributed by atoms with Crippen molar-refractivity contribution in [3.05, 3.63) is 53.3 Å². The Bertz CT molecular complexity index is 617. The minimum Gasteiger partial charge on any atom is -0.508 e. The molecular formula is C13H7FO2. The smallest absolute Gasteiger partial charge is 0.194 e. The van der Waals surface area contributed by atoms with Gasteiger partial charge in [0.05, 0.1) is 0 Å². The topological polar surface area (TPSA) is 37.3 Å². The van der Waals surface area contributed by atoms with E-state index in [-0.39, 0.29) is 11.5 Å². The van der Waals surface area contributed by atoms with Gasteiger partial charge in [-0.05, 0) is 29.8 Å². The average Bonchev–Trinajstić information content (AvgIpc) is 2.55. The molecule has 0 amide bonds. The van der Waals surface area contributed by atoms with Gasteiger partial charge >= 0.3 is 0 Å². The summed E-state index contributed by atoms with van der Waals surface area (Å²) in [5.41, 5.74) is 1.61. The van der Waals surface area contributed by atoms with Crippen LogP contribution in [0.15, 0.2) is 36.4 Å². The molecule has 2 aromatic rings. The lowest BCUT2D eigenvalue weighted by Crippen LogP contribution is -1.94. The molecule has 0 fully saturated rings. The van der Waals surface area contributed by atoms with Crippen molar-refractivity contribution in [1.29, 1.82) is 0 Å². The zero-order valence-electron chi connectivity index (χ0n) is 8.20. The fourth-order valence-corrected chi connectivity index (χ4v) is 2.07. The number of phenolic OH excluding ortho intramolecular Hbond substituents is 1. The number of halogens is 1. The second-order valence-corrected chi connectivity index (χ2v) is 3.72. The highest BCUT2D eigenvalue weighted by atomic mass is 19.1. The van der Waals surface area contributed by atoms with E-state index in [1.165, 1.54) is 24.3 Å². The summed E-state index contributed by atoms with van der Waals surface area (Å²) in [6.45, 7) is 0. The lowest BCUT2D eigenvalue weighted by Gasteiger charge is -2.00. The first-order valence-electron chi connectivity index (χ1n) is 4.85. The Kier molecular flexibility index (Phi) is 1.66. The van der Waals surface area contributed by atoms with E-state index in [9.17, 15) is 14.3 Å². The van der Waals surface area contributed by atoms with Crippen LogP contribution in [-0.4, -0.2) is 10.9 Å². The van der Waals surface area contributed by atoms with E-state index in [0.29, 0.717) is 22.3 Å². The van der Waals surface area contributed by atoms with Gasteiger partial charge in [0.15, 0.2) is 5.78 Å². The fourth-order valence-electron chi connectivity index (χ4n) is 2.07. The van der Waals surface area contributed by atoms with Gasteiger partial charge in [-0.1, -0.05) is 12.1 Å². The zero-order valence-corrected chi connectivity index (χ0v) is 8.20. The molecule has 0 heterocycles. The summed E-state index contributed by atoms with van der Waals surface area (Å²) in [4.78, 5) is 11.9. The Morgan fingerprint density at radius 1 is 1.00 bits per heavy atom. The third-order valence-corrected chi connectivity index (χ3v) is 2.78. The summed E-state index contributed by atoms with van der Waals surface area (Å²) in [5, 5.41) is 9.32. The molecule has 2 nitrogen and oxygen atoms in total. The first-order valence-corrected chi connectivity index (χ1v) is 4.85. The van der Waals surface area contributed by atoms with Crippen molar-refractivity contribution in [2.75, 3.05) is 0 Å². The third kappa shape index (κ3) is 1.03. The first kappa shape index (κ1) is 9.09. The number of phenols is 1. The molecule has 0 aromatic heterocycles. The Hall–Kier alpha value is -2.16. The molecule has 0 atom stereocenters. The Labute approximate surface area is 91.0 Å². The summed E-state index contributed by atoms with van der Waals surface area (Å²) >= 11 is 0. The summed E-state index contributed by atoms with van der Waals surface area (Å²) in [7, 11) is 0. The highest BCUT2D eigenvalue weighted by molar-refractivity contribution is 6.21. The fraction of sp³-hybridized carbons (Fsp3) is 0. The SMILES string of the molecule is O=C1c2cc(O)ccc2-c2c(F)cccc21. The molecule has 1 N–H and O–H groups in total. The van der Waals surface area contributed by atoms with Gasteiger partial charge in [-0.2, -0.15) is 0 Å². The minimum absolute atomic E-state index is 0.0142. The van der Waals surface area contributed by atoms with Crippen LogP contribution in [0, 0.1) is 5.82 Å². The maximum absolute atomic E-state index is 13.6. The van der Waals surface area contributed by atoms with E-state index >= 15 is 0 Å². The standard InChI is InChI=1S/C13H7FO2/c14-11-3-1-2-9-12(11)8-5-4-7(15)6-10(8)13(9)16/h1-6,15H. The number of ketones is 1. The number of aromatic hydroxyl groups is 1. The van der Waals surface area contributed by atoms with E-state index in [1.807, 2.05) is 0 Å². The van der Waals surface area contributed by atoms with Crippen LogP contribution >= 0.6 is 0 Å². The second kappa shape index (κ2) is 2.92. The van der Waals surface area contributed by atoms with Gasteiger partial charge in [0.25, 0.3) is 0 Å². The van der Waals surface area contributed by atoms with Crippen LogP contribution in [0.2, 0.25) is 0 Å². The first-order chi connectivity index (χ1) is 7.68. The summed E-state index contributed by atoms with van der Waals surface area (Å²) in [6.07, 6.45) is 0. The normalized spacial score (nSPS) is 12.4. The number of hydrogen-bond acceptors (Lipinski definition) is 2. The average molecular weight is 214 g/mol. The molecule has 1 aliphatic rings. The predicted octanol–water partition coefficient (Wildman–Crippen LogP) is 2.74. The molecule has 0 bridgehead atoms. The molecule has 16 heavy (non-hydrogen) atoms. The molecule has 3 rings (SSSR count). The van der Waals surface area contributed by atoms with Gasteiger partial charge in [-0.25, -0.2) is 4.39 Å². The molecule has 0 radical (unpaired) electrons. The lowest BCUT2D eigenvalue weighted by molar-refractivity contribution is 0.104. The van der Waals surface area contributed by atoms with Gasteiger partial charge in [0.1, 0.15) is 11.6 Å². The van der Waals surface area contributed by atoms with Crippen molar-refractivity contribution in [2.24, 2.45) is 0 Å². The predicted molar refractivity (Wildman–Crippen MR) is 56.9 cm³/mol. The summed E-state index contributed by atoms with van der Waals surface area (Å²) < 4.78 is 13.6. The quantitative estimate of drug-likeness (QED) is 0.624. The largest absolute Gasteiger partial charge is 0.508 e. The Morgan fingerprint density at radius 3 is 2.62 bits per heavy atom. The van der Waals surface area contributed by atoms with Crippen molar-refractivity contribution in [1.82, 2.24) is 0 Å². The molecular weight excluding hydrogens is 207 g/mol. The van der Waals surface area contributed by atoms with Crippen LogP contribution in [0.1, 0.15) is 15.9 Å². The van der Waals surface area contributed by atoms with E-state index < -0.39 is 5.82 Å². The van der Waals surface area contributed by atoms with Crippen LogP contribution in [0.4, 0.5) is 4.39 Å². The van der Waals surface area contributed by atoms with E-state index in [2.05, 4.69) is 0 Å². The molecule has 0 unspecified atom stereocenters. The molecule has 2 aromatic carbocycles. The van der Waals surface area contributed by atoms with Crippen molar-refractivity contribution in [3.63, 3.8) is 0 Å². The highest BCUT2D eigenvalue weighted by Crippen LogP contribution is 2.39. The highest BCUT2D eigenvalue weighted by Gasteiger charge is 2.29. The Morgan fingerprint density at radius 2 is 1.81 bits per heavy atom. The van der Waals surface area contributed by atoms with Crippen molar-refractivity contribution < 1.29 is 14.3 Å². The van der Waals surface area contributed by atoms with Gasteiger partial charge in [-0.15, -0.1) is 0 Å². The monoisotopic (exact) mass is 214 g/mol. The summed E-state index contributed by atoms with van der Waals surface area (Å²) in [6, 6.07) is 8.83. The lowest BCUT2D eigenvalue weighted by atomic mass is 10.1. The van der Waals surface area contributed by atoms with Gasteiger partial charge in [0.2, 0.25) is 0 Å². The van der Waals surface area contributed by atoms with Gasteiger partial charge < -0.3 is 5.11 Å². The van der Waals surface area contributed by atoms with Crippen LogP contribution in [-0.2, 0) is 0 Å². The number of hydrogen-bond donors (Lipinski definition) is 1. The maximum atomic E-state index is 13.6. The van der Waals surface area contributed by atoms with Gasteiger partial charge in [-0.3, -0.25) is 4.79 Å². The van der Waals surface area contributed by atoms with Crippen LogP contribution in [0.3, 0.4) is 0 Å². The van der Waals surface area contributed by atoms with Gasteiger partial charge in [0, 0.05) is 16.7 Å². The van der Waals surface area contributed by atoms with E-state index in [1.54, 1.807) is 12.1 Å². The second-order valence-electron chi connectivity index (χ2n) is 3.72. The Balaban J connectivity index is 2.41. The number of rotatable bonds is 0. The van der Waals surface area contributed by atoms with E-state index in [0.717, 1.165) is 0 Å². The molecule has 78 valence electrons. The molecule has 0 aliphatic heterocycles. The molecule has 0 spiro atoms. The number of benzene rings is 2. The number of carbonyl (C=O) groups is 1. The molecule has 0 saturated carbocycles. The maximum Gasteiger partial charge on any atom is 0.194 e. The molecule has 0 saturated heterocycles. The molecule has 3 heteroatoms. The van der Waals surface area contributed by atoms with Crippen LogP contribution in [0.25, 0.3) is 11.1 Å². The van der Waals surface area contributed by atoms with E-state index in [4.69, 9.17) is 0 Å². The van der Waals surface area contributed by atoms with Crippen LogP contribution < -0.4 is 0 Å². The summed E-state index contributed by atoms with van der Waals surface area (Å²) in [5.74, 6) is -0.629. The minimum atomic E-state index is -0.407. The zero-order chi connectivity index (χ0) is 11.3. The third-order valence-electron chi connectivity index (χ3n) is 2.78. The number of carbonyl (C=O) groups excluding carboxylic acids is 1. The number of fused-ring (bicyclic) bond motifs is 3. The van der Waals surface area contributed by atoms with Crippen molar-refractivity contribution in [3.8, 4) is 16.9 Å². The van der Waals surface area contributed by atoms with Crippen molar-refractivity contribution >= 4 is 5.78 Å².